The Kier molecular flexibility index (Phi) is 5.01. The average Bonchev–Trinajstić information content (AvgIpc) is 3.23. The largest absolute Gasteiger partial charge is 0.371 e. The van der Waals surface area contributed by atoms with Crippen molar-refractivity contribution in [3.8, 4) is 11.4 Å². The van der Waals surface area contributed by atoms with Crippen LogP contribution in [0.15, 0.2) is 49.1 Å². The third-order valence-corrected chi connectivity index (χ3v) is 5.33. The molecule has 0 aromatic carbocycles. The van der Waals surface area contributed by atoms with Gasteiger partial charge in [0.25, 0.3) is 0 Å². The van der Waals surface area contributed by atoms with Crippen LogP contribution in [-0.2, 0) is 11.3 Å². The number of aromatic amines is 1. The number of anilines is 1. The molecular weight excluding hydrogens is 354 g/mol. The maximum Gasteiger partial charge on any atom is 0.226 e. The Morgan fingerprint density at radius 2 is 1.75 bits per heavy atom. The molecule has 1 aliphatic heterocycles. The second-order valence-corrected chi connectivity index (χ2v) is 7.28. The third kappa shape index (κ3) is 3.85. The molecule has 0 saturated carbocycles. The smallest absolute Gasteiger partial charge is 0.226 e. The Labute approximate surface area is 163 Å². The van der Waals surface area contributed by atoms with Gasteiger partial charge in [0.05, 0.1) is 6.54 Å². The molecule has 144 valence electrons. The summed E-state index contributed by atoms with van der Waals surface area (Å²) in [4.78, 5) is 27.6. The van der Waals surface area contributed by atoms with Crippen LogP contribution in [0.5, 0.6) is 0 Å². The van der Waals surface area contributed by atoms with E-state index in [1.165, 1.54) is 0 Å². The van der Waals surface area contributed by atoms with E-state index >= 15 is 0 Å². The Bertz CT molecular complexity index is 918. The van der Waals surface area contributed by atoms with Crippen molar-refractivity contribution in [2.24, 2.45) is 5.41 Å². The fraction of sp³-hybridized carbons (Fsp3) is 0.350. The number of hydrogen-bond acceptors (Lipinski definition) is 6. The van der Waals surface area contributed by atoms with Gasteiger partial charge in [-0.1, -0.05) is 6.92 Å². The molecule has 4 rings (SSSR count). The molecule has 3 aromatic heterocycles. The Balaban J connectivity index is 1.32. The fourth-order valence-corrected chi connectivity index (χ4v) is 3.42. The van der Waals surface area contributed by atoms with E-state index in [0.29, 0.717) is 18.2 Å². The van der Waals surface area contributed by atoms with Gasteiger partial charge in [-0.2, -0.15) is 5.10 Å². The monoisotopic (exact) mass is 377 g/mol. The summed E-state index contributed by atoms with van der Waals surface area (Å²) in [6.07, 6.45) is 8.61. The van der Waals surface area contributed by atoms with Gasteiger partial charge >= 0.3 is 0 Å². The molecule has 3 aromatic rings. The summed E-state index contributed by atoms with van der Waals surface area (Å²) in [7, 11) is 0. The highest BCUT2D eigenvalue weighted by atomic mass is 16.2. The predicted octanol–water partition coefficient (Wildman–Crippen LogP) is 2.18. The molecule has 0 spiro atoms. The van der Waals surface area contributed by atoms with E-state index in [2.05, 4.69) is 35.4 Å². The topological polar surface area (TPSA) is 99.7 Å². The molecule has 0 bridgehead atoms. The van der Waals surface area contributed by atoms with Crippen LogP contribution < -0.4 is 10.2 Å². The molecule has 1 aliphatic rings. The van der Waals surface area contributed by atoms with Crippen LogP contribution in [-0.4, -0.2) is 44.1 Å². The summed E-state index contributed by atoms with van der Waals surface area (Å²) in [5, 5.41) is 10.1. The van der Waals surface area contributed by atoms with Crippen molar-refractivity contribution in [3.05, 3.63) is 54.9 Å². The van der Waals surface area contributed by atoms with Gasteiger partial charge in [0.15, 0.2) is 5.82 Å². The number of carbonyl (C=O) groups is 1. The number of nitrogens with zero attached hydrogens (tertiary/aromatic N) is 5. The lowest BCUT2D eigenvalue weighted by Gasteiger charge is -2.39. The van der Waals surface area contributed by atoms with Gasteiger partial charge in [-0.25, -0.2) is 4.98 Å². The first kappa shape index (κ1) is 18.1. The van der Waals surface area contributed by atoms with Gasteiger partial charge in [0.2, 0.25) is 5.91 Å². The van der Waals surface area contributed by atoms with Gasteiger partial charge in [0.1, 0.15) is 5.82 Å². The average molecular weight is 377 g/mol. The Hall–Kier alpha value is -3.29. The van der Waals surface area contributed by atoms with E-state index in [1.54, 1.807) is 24.8 Å². The van der Waals surface area contributed by atoms with Crippen molar-refractivity contribution < 1.29 is 4.79 Å². The molecule has 1 fully saturated rings. The van der Waals surface area contributed by atoms with Crippen LogP contribution in [0.2, 0.25) is 0 Å². The molecule has 4 heterocycles. The normalized spacial score (nSPS) is 16.0. The van der Waals surface area contributed by atoms with E-state index in [9.17, 15) is 4.79 Å². The molecule has 28 heavy (non-hydrogen) atoms. The van der Waals surface area contributed by atoms with Gasteiger partial charge in [0, 0.05) is 54.5 Å². The first-order valence-corrected chi connectivity index (χ1v) is 9.39. The number of nitrogens with one attached hydrogen (secondary N) is 2. The molecule has 0 radical (unpaired) electrons. The molecule has 0 atom stereocenters. The van der Waals surface area contributed by atoms with Gasteiger partial charge in [-0.3, -0.25) is 19.9 Å². The standard InChI is InChI=1S/C20H23N7O/c1-20(6-12-27(13-7-20)16-4-10-22-11-5-16)19(28)23-14-17-24-18(26-25-17)15-2-8-21-9-3-15/h2-5,8-11H,6-7,12-14H2,1H3,(H,23,28)(H,24,25,26). The number of hydrogen-bond donors (Lipinski definition) is 2. The van der Waals surface area contributed by atoms with Crippen LogP contribution in [0.1, 0.15) is 25.6 Å². The molecular formula is C20H23N7O. The van der Waals surface area contributed by atoms with Crippen molar-refractivity contribution in [2.45, 2.75) is 26.3 Å². The summed E-state index contributed by atoms with van der Waals surface area (Å²) in [6.45, 7) is 4.07. The van der Waals surface area contributed by atoms with Crippen LogP contribution in [0.4, 0.5) is 5.69 Å². The van der Waals surface area contributed by atoms with E-state index in [4.69, 9.17) is 0 Å². The molecule has 2 N–H and O–H groups in total. The highest BCUT2D eigenvalue weighted by molar-refractivity contribution is 5.82. The molecule has 1 amide bonds. The SMILES string of the molecule is CC1(C(=O)NCc2nc(-c3ccncc3)n[nH]2)CCN(c2ccncc2)CC1. The maximum absolute atomic E-state index is 12.8. The van der Waals surface area contributed by atoms with Crippen LogP contribution >= 0.6 is 0 Å². The summed E-state index contributed by atoms with van der Waals surface area (Å²) in [5.41, 5.74) is 1.67. The number of amides is 1. The zero-order chi connectivity index (χ0) is 19.4. The number of pyridine rings is 2. The first-order chi connectivity index (χ1) is 13.6. The molecule has 8 heteroatoms. The minimum Gasteiger partial charge on any atom is -0.371 e. The van der Waals surface area contributed by atoms with Crippen molar-refractivity contribution >= 4 is 11.6 Å². The van der Waals surface area contributed by atoms with Gasteiger partial charge < -0.3 is 10.2 Å². The van der Waals surface area contributed by atoms with E-state index in [-0.39, 0.29) is 11.3 Å². The Morgan fingerprint density at radius 1 is 1.11 bits per heavy atom. The van der Waals surface area contributed by atoms with E-state index in [0.717, 1.165) is 37.2 Å². The highest BCUT2D eigenvalue weighted by Crippen LogP contribution is 2.33. The molecule has 1 saturated heterocycles. The lowest BCUT2D eigenvalue weighted by atomic mass is 9.79. The minimum absolute atomic E-state index is 0.0590. The quantitative estimate of drug-likeness (QED) is 0.707. The summed E-state index contributed by atoms with van der Waals surface area (Å²) in [6, 6.07) is 7.71. The van der Waals surface area contributed by atoms with E-state index in [1.807, 2.05) is 31.2 Å². The third-order valence-electron chi connectivity index (χ3n) is 5.33. The van der Waals surface area contributed by atoms with Crippen LogP contribution in [0, 0.1) is 5.41 Å². The van der Waals surface area contributed by atoms with Crippen molar-refractivity contribution in [2.75, 3.05) is 18.0 Å². The lowest BCUT2D eigenvalue weighted by molar-refractivity contribution is -0.131. The van der Waals surface area contributed by atoms with Crippen LogP contribution in [0.25, 0.3) is 11.4 Å². The first-order valence-electron chi connectivity index (χ1n) is 9.39. The second kappa shape index (κ2) is 7.75. The summed E-state index contributed by atoms with van der Waals surface area (Å²) >= 11 is 0. The van der Waals surface area contributed by atoms with Crippen molar-refractivity contribution in [1.82, 2.24) is 30.5 Å². The number of piperidine rings is 1. The number of aromatic nitrogens is 5. The maximum atomic E-state index is 12.8. The van der Waals surface area contributed by atoms with E-state index < -0.39 is 0 Å². The molecule has 8 nitrogen and oxygen atoms in total. The van der Waals surface area contributed by atoms with Crippen LogP contribution in [0.3, 0.4) is 0 Å². The zero-order valence-electron chi connectivity index (χ0n) is 15.8. The summed E-state index contributed by atoms with van der Waals surface area (Å²) in [5.74, 6) is 1.30. The zero-order valence-corrected chi connectivity index (χ0v) is 15.8. The molecule has 0 aliphatic carbocycles. The minimum atomic E-state index is -0.377. The number of carbonyl (C=O) groups excluding carboxylic acids is 1. The fourth-order valence-electron chi connectivity index (χ4n) is 3.42. The number of rotatable bonds is 5. The van der Waals surface area contributed by atoms with Crippen molar-refractivity contribution in [1.29, 1.82) is 0 Å². The second-order valence-electron chi connectivity index (χ2n) is 7.28. The summed E-state index contributed by atoms with van der Waals surface area (Å²) < 4.78 is 0. The highest BCUT2D eigenvalue weighted by Gasteiger charge is 2.36. The van der Waals surface area contributed by atoms with Gasteiger partial charge in [-0.05, 0) is 37.1 Å². The molecule has 0 unspecified atom stereocenters. The predicted molar refractivity (Wildman–Crippen MR) is 105 cm³/mol. The van der Waals surface area contributed by atoms with Gasteiger partial charge in [-0.15, -0.1) is 0 Å². The number of H-pyrrole nitrogens is 1. The van der Waals surface area contributed by atoms with Crippen molar-refractivity contribution in [3.63, 3.8) is 0 Å². The lowest BCUT2D eigenvalue weighted by Crippen LogP contribution is -2.47. The Morgan fingerprint density at radius 3 is 2.43 bits per heavy atom.